The van der Waals surface area contributed by atoms with Gasteiger partial charge in [-0.15, -0.1) is 12.4 Å². The van der Waals surface area contributed by atoms with Crippen LogP contribution in [0.15, 0.2) is 48.5 Å². The summed E-state index contributed by atoms with van der Waals surface area (Å²) in [5.41, 5.74) is 10.9. The van der Waals surface area contributed by atoms with E-state index < -0.39 is 0 Å². The van der Waals surface area contributed by atoms with E-state index in [1.807, 2.05) is 12.1 Å². The third-order valence-corrected chi connectivity index (χ3v) is 3.57. The fourth-order valence-electron chi connectivity index (χ4n) is 2.64. The van der Waals surface area contributed by atoms with Gasteiger partial charge in [0, 0.05) is 25.3 Å². The summed E-state index contributed by atoms with van der Waals surface area (Å²) in [4.78, 5) is 2.48. The molecule has 2 nitrogen and oxygen atoms in total. The van der Waals surface area contributed by atoms with Gasteiger partial charge in [0.2, 0.25) is 0 Å². The van der Waals surface area contributed by atoms with Gasteiger partial charge in [0.25, 0.3) is 0 Å². The minimum Gasteiger partial charge on any atom is -0.399 e. The van der Waals surface area contributed by atoms with E-state index in [0.29, 0.717) is 0 Å². The molecule has 3 rings (SSSR count). The van der Waals surface area contributed by atoms with Crippen molar-refractivity contribution in [3.05, 3.63) is 65.2 Å². The summed E-state index contributed by atoms with van der Waals surface area (Å²) in [6, 6.07) is 16.9. The number of hydrogen-bond acceptors (Lipinski definition) is 2. The van der Waals surface area contributed by atoms with Crippen molar-refractivity contribution >= 4 is 18.1 Å². The van der Waals surface area contributed by atoms with Gasteiger partial charge in [0.05, 0.1) is 0 Å². The van der Waals surface area contributed by atoms with Crippen LogP contribution in [0.2, 0.25) is 0 Å². The average Bonchev–Trinajstić information content (AvgIpc) is 2.39. The largest absolute Gasteiger partial charge is 0.399 e. The molecule has 3 heteroatoms. The van der Waals surface area contributed by atoms with Gasteiger partial charge in [-0.2, -0.15) is 0 Å². The van der Waals surface area contributed by atoms with E-state index in [2.05, 4.69) is 41.3 Å². The molecule has 0 bridgehead atoms. The van der Waals surface area contributed by atoms with Crippen molar-refractivity contribution < 1.29 is 0 Å². The molecule has 0 saturated heterocycles. The summed E-state index contributed by atoms with van der Waals surface area (Å²) in [5, 5.41) is 0. The van der Waals surface area contributed by atoms with E-state index >= 15 is 0 Å². The van der Waals surface area contributed by atoms with Gasteiger partial charge in [0.15, 0.2) is 0 Å². The van der Waals surface area contributed by atoms with Crippen LogP contribution in [0.5, 0.6) is 0 Å². The van der Waals surface area contributed by atoms with Crippen molar-refractivity contribution in [2.75, 3.05) is 12.3 Å². The first-order valence-electron chi connectivity index (χ1n) is 6.45. The fourth-order valence-corrected chi connectivity index (χ4v) is 2.64. The molecule has 0 unspecified atom stereocenters. The zero-order valence-corrected chi connectivity index (χ0v) is 11.7. The lowest BCUT2D eigenvalue weighted by Gasteiger charge is -2.28. The van der Waals surface area contributed by atoms with Crippen molar-refractivity contribution in [1.82, 2.24) is 4.90 Å². The first kappa shape index (κ1) is 13.9. The Bertz CT molecular complexity index is 554. The predicted molar refractivity (Wildman–Crippen MR) is 82.4 cm³/mol. The minimum absolute atomic E-state index is 0. The van der Waals surface area contributed by atoms with Crippen LogP contribution in [0.25, 0.3) is 0 Å². The van der Waals surface area contributed by atoms with E-state index in [1.54, 1.807) is 0 Å². The van der Waals surface area contributed by atoms with Gasteiger partial charge in [-0.3, -0.25) is 4.90 Å². The molecular weight excluding hydrogens is 256 g/mol. The number of anilines is 1. The molecule has 0 aromatic heterocycles. The lowest BCUT2D eigenvalue weighted by atomic mass is 9.99. The van der Waals surface area contributed by atoms with Gasteiger partial charge >= 0.3 is 0 Å². The molecule has 0 saturated carbocycles. The Morgan fingerprint density at radius 2 is 1.79 bits per heavy atom. The standard InChI is InChI=1S/C16H18N2.ClH/c17-16-7-3-4-13(10-16)11-18-9-8-14-5-1-2-6-15(14)12-18;/h1-7,10H,8-9,11-12,17H2;1H. The zero-order chi connectivity index (χ0) is 12.4. The average molecular weight is 275 g/mol. The summed E-state index contributed by atoms with van der Waals surface area (Å²) < 4.78 is 0. The van der Waals surface area contributed by atoms with Crippen LogP contribution in [0.4, 0.5) is 5.69 Å². The summed E-state index contributed by atoms with van der Waals surface area (Å²) >= 11 is 0. The van der Waals surface area contributed by atoms with E-state index in [4.69, 9.17) is 5.73 Å². The second-order valence-corrected chi connectivity index (χ2v) is 4.97. The first-order valence-corrected chi connectivity index (χ1v) is 6.45. The Balaban J connectivity index is 0.00000133. The predicted octanol–water partition coefficient (Wildman–Crippen LogP) is 3.25. The number of benzene rings is 2. The molecular formula is C16H19ClN2. The number of nitrogen functional groups attached to an aromatic ring is 1. The molecule has 2 aromatic rings. The SMILES string of the molecule is Cl.Nc1cccc(CN2CCc3ccccc3C2)c1. The van der Waals surface area contributed by atoms with E-state index in [9.17, 15) is 0 Å². The molecule has 0 atom stereocenters. The molecule has 0 radical (unpaired) electrons. The highest BCUT2D eigenvalue weighted by Crippen LogP contribution is 2.20. The molecule has 2 N–H and O–H groups in total. The Kier molecular flexibility index (Phi) is 4.46. The molecule has 19 heavy (non-hydrogen) atoms. The maximum Gasteiger partial charge on any atom is 0.0317 e. The second-order valence-electron chi connectivity index (χ2n) is 4.97. The van der Waals surface area contributed by atoms with Crippen LogP contribution < -0.4 is 5.73 Å². The van der Waals surface area contributed by atoms with E-state index in [-0.39, 0.29) is 12.4 Å². The van der Waals surface area contributed by atoms with Crippen LogP contribution in [0.1, 0.15) is 16.7 Å². The van der Waals surface area contributed by atoms with Crippen LogP contribution in [0.3, 0.4) is 0 Å². The summed E-state index contributed by atoms with van der Waals surface area (Å²) in [5.74, 6) is 0. The Labute approximate surface area is 120 Å². The highest BCUT2D eigenvalue weighted by molar-refractivity contribution is 5.85. The fraction of sp³-hybridized carbons (Fsp3) is 0.250. The maximum atomic E-state index is 5.82. The molecule has 1 aliphatic rings. The van der Waals surface area contributed by atoms with Gasteiger partial charge in [-0.1, -0.05) is 36.4 Å². The van der Waals surface area contributed by atoms with E-state index in [1.165, 1.54) is 16.7 Å². The molecule has 0 spiro atoms. The van der Waals surface area contributed by atoms with Crippen LogP contribution in [-0.4, -0.2) is 11.4 Å². The summed E-state index contributed by atoms with van der Waals surface area (Å²) in [6.45, 7) is 3.16. The van der Waals surface area contributed by atoms with Gasteiger partial charge < -0.3 is 5.73 Å². The topological polar surface area (TPSA) is 29.3 Å². The summed E-state index contributed by atoms with van der Waals surface area (Å²) in [6.07, 6.45) is 1.15. The number of halogens is 1. The number of rotatable bonds is 2. The molecule has 1 aliphatic heterocycles. The smallest absolute Gasteiger partial charge is 0.0317 e. The number of nitrogens with zero attached hydrogens (tertiary/aromatic N) is 1. The van der Waals surface area contributed by atoms with Crippen molar-refractivity contribution in [1.29, 1.82) is 0 Å². The minimum atomic E-state index is 0. The van der Waals surface area contributed by atoms with Crippen molar-refractivity contribution in [3.8, 4) is 0 Å². The molecule has 100 valence electrons. The monoisotopic (exact) mass is 274 g/mol. The van der Waals surface area contributed by atoms with Crippen LogP contribution >= 0.6 is 12.4 Å². The summed E-state index contributed by atoms with van der Waals surface area (Å²) in [7, 11) is 0. The van der Waals surface area contributed by atoms with Gasteiger partial charge in [-0.05, 0) is 35.2 Å². The molecule has 1 heterocycles. The van der Waals surface area contributed by atoms with Crippen molar-refractivity contribution in [2.45, 2.75) is 19.5 Å². The highest BCUT2D eigenvalue weighted by atomic mass is 35.5. The Morgan fingerprint density at radius 1 is 1.00 bits per heavy atom. The molecule has 2 aromatic carbocycles. The van der Waals surface area contributed by atoms with Crippen LogP contribution in [-0.2, 0) is 19.5 Å². The number of nitrogens with two attached hydrogens (primary N) is 1. The zero-order valence-electron chi connectivity index (χ0n) is 10.9. The Morgan fingerprint density at radius 3 is 2.58 bits per heavy atom. The third kappa shape index (κ3) is 3.28. The Hall–Kier alpha value is -1.51. The van der Waals surface area contributed by atoms with Crippen molar-refractivity contribution in [2.24, 2.45) is 0 Å². The highest BCUT2D eigenvalue weighted by Gasteiger charge is 2.15. The lowest BCUT2D eigenvalue weighted by molar-refractivity contribution is 0.245. The number of fused-ring (bicyclic) bond motifs is 1. The van der Waals surface area contributed by atoms with Gasteiger partial charge in [-0.25, -0.2) is 0 Å². The molecule has 0 fully saturated rings. The van der Waals surface area contributed by atoms with Crippen molar-refractivity contribution in [3.63, 3.8) is 0 Å². The molecule has 0 aliphatic carbocycles. The normalized spacial score (nSPS) is 14.5. The second kappa shape index (κ2) is 6.09. The third-order valence-electron chi connectivity index (χ3n) is 3.57. The lowest BCUT2D eigenvalue weighted by Crippen LogP contribution is -2.29. The van der Waals surface area contributed by atoms with Crippen LogP contribution in [0, 0.1) is 0 Å². The maximum absolute atomic E-state index is 5.82. The van der Waals surface area contributed by atoms with Gasteiger partial charge in [0.1, 0.15) is 0 Å². The molecule has 0 amide bonds. The number of hydrogen-bond donors (Lipinski definition) is 1. The quantitative estimate of drug-likeness (QED) is 0.852. The van der Waals surface area contributed by atoms with E-state index in [0.717, 1.165) is 31.7 Å². The first-order chi connectivity index (χ1) is 8.81.